The van der Waals surface area contributed by atoms with Crippen molar-refractivity contribution in [1.82, 2.24) is 4.98 Å². The number of nitrogens with one attached hydrogen (secondary N) is 1. The Morgan fingerprint density at radius 3 is 2.57 bits per heavy atom. The number of aryl methyl sites for hydroxylation is 1. The van der Waals surface area contributed by atoms with E-state index in [0.717, 1.165) is 6.29 Å². The third-order valence-corrected chi connectivity index (χ3v) is 3.45. The average Bonchev–Trinajstić information content (AvgIpc) is 2.92. The second-order valence-electron chi connectivity index (χ2n) is 4.89. The molecule has 1 N–H and O–H groups in total. The van der Waals surface area contributed by atoms with Gasteiger partial charge in [-0.15, -0.1) is 0 Å². The number of ether oxygens (including phenoxy) is 2. The molecule has 1 aromatic carbocycles. The lowest BCUT2D eigenvalue weighted by Gasteiger charge is -2.06. The molecule has 0 aliphatic rings. The zero-order valence-corrected chi connectivity index (χ0v) is 13.2. The average molecular weight is 317 g/mol. The first-order valence-electron chi connectivity index (χ1n) is 7.53. The van der Waals surface area contributed by atoms with Crippen molar-refractivity contribution < 1.29 is 23.9 Å². The minimum atomic E-state index is -0.501. The van der Waals surface area contributed by atoms with Gasteiger partial charge in [-0.2, -0.15) is 0 Å². The molecule has 2 aromatic rings. The van der Waals surface area contributed by atoms with Gasteiger partial charge in [-0.3, -0.25) is 9.59 Å². The summed E-state index contributed by atoms with van der Waals surface area (Å²) in [6.07, 6.45) is 1.15. The number of aromatic nitrogens is 1. The Morgan fingerprint density at radius 2 is 1.91 bits per heavy atom. The SMILES string of the molecule is CCOC(=O)CCc1c(C(=O)OCC)[nH]c2cccc(C=O)c12. The molecule has 0 radical (unpaired) electrons. The molecular weight excluding hydrogens is 298 g/mol. The van der Waals surface area contributed by atoms with Gasteiger partial charge in [-0.05, 0) is 31.9 Å². The molecule has 1 heterocycles. The van der Waals surface area contributed by atoms with Gasteiger partial charge in [0.25, 0.3) is 0 Å². The summed E-state index contributed by atoms with van der Waals surface area (Å²) in [5, 5.41) is 0.648. The first-order chi connectivity index (χ1) is 11.1. The highest BCUT2D eigenvalue weighted by molar-refractivity contribution is 6.05. The van der Waals surface area contributed by atoms with Gasteiger partial charge in [-0.25, -0.2) is 4.79 Å². The Morgan fingerprint density at radius 1 is 1.17 bits per heavy atom. The molecule has 2 rings (SSSR count). The maximum Gasteiger partial charge on any atom is 0.355 e. The van der Waals surface area contributed by atoms with Gasteiger partial charge in [0.1, 0.15) is 5.69 Å². The lowest BCUT2D eigenvalue weighted by Crippen LogP contribution is -2.10. The number of H-pyrrole nitrogens is 1. The molecule has 1 aromatic heterocycles. The van der Waals surface area contributed by atoms with Crippen molar-refractivity contribution in [2.24, 2.45) is 0 Å². The van der Waals surface area contributed by atoms with Gasteiger partial charge in [0.05, 0.1) is 13.2 Å². The van der Waals surface area contributed by atoms with Gasteiger partial charge in [0, 0.05) is 22.9 Å². The van der Waals surface area contributed by atoms with Crippen molar-refractivity contribution in [3.8, 4) is 0 Å². The molecule has 6 nitrogen and oxygen atoms in total. The number of fused-ring (bicyclic) bond motifs is 1. The monoisotopic (exact) mass is 317 g/mol. The molecule has 0 saturated heterocycles. The predicted molar refractivity (Wildman–Crippen MR) is 84.6 cm³/mol. The summed E-state index contributed by atoms with van der Waals surface area (Å²) in [5.74, 6) is -0.848. The van der Waals surface area contributed by atoms with Crippen LogP contribution >= 0.6 is 0 Å². The number of carbonyl (C=O) groups is 3. The van der Waals surface area contributed by atoms with Crippen LogP contribution in [0.2, 0.25) is 0 Å². The molecule has 23 heavy (non-hydrogen) atoms. The number of esters is 2. The Bertz CT molecular complexity index is 732. The molecule has 0 saturated carbocycles. The molecule has 0 spiro atoms. The van der Waals surface area contributed by atoms with Crippen LogP contribution in [0.4, 0.5) is 0 Å². The smallest absolute Gasteiger partial charge is 0.355 e. The minimum Gasteiger partial charge on any atom is -0.466 e. The molecular formula is C17H19NO5. The molecule has 0 aliphatic heterocycles. The van der Waals surface area contributed by atoms with Gasteiger partial charge in [0.2, 0.25) is 0 Å². The van der Waals surface area contributed by atoms with Gasteiger partial charge < -0.3 is 14.5 Å². The van der Waals surface area contributed by atoms with Gasteiger partial charge in [0.15, 0.2) is 6.29 Å². The van der Waals surface area contributed by atoms with Crippen LogP contribution in [0.25, 0.3) is 10.9 Å². The maximum absolute atomic E-state index is 12.1. The Labute approximate surface area is 133 Å². The predicted octanol–water partition coefficient (Wildman–Crippen LogP) is 2.65. The number of rotatable bonds is 7. The van der Waals surface area contributed by atoms with Crippen LogP contribution in [0.15, 0.2) is 18.2 Å². The highest BCUT2D eigenvalue weighted by atomic mass is 16.5. The maximum atomic E-state index is 12.1. The molecule has 0 atom stereocenters. The largest absolute Gasteiger partial charge is 0.466 e. The summed E-state index contributed by atoms with van der Waals surface area (Å²) >= 11 is 0. The van der Waals surface area contributed by atoms with Gasteiger partial charge in [-0.1, -0.05) is 12.1 Å². The molecule has 6 heteroatoms. The van der Waals surface area contributed by atoms with E-state index in [9.17, 15) is 14.4 Å². The normalized spacial score (nSPS) is 10.5. The van der Waals surface area contributed by atoms with Crippen LogP contribution in [0.1, 0.15) is 46.7 Å². The second kappa shape index (κ2) is 7.58. The van der Waals surface area contributed by atoms with Crippen LogP contribution in [-0.4, -0.2) is 36.4 Å². The van der Waals surface area contributed by atoms with Crippen molar-refractivity contribution in [2.45, 2.75) is 26.7 Å². The van der Waals surface area contributed by atoms with Crippen molar-refractivity contribution in [3.05, 3.63) is 35.0 Å². The summed E-state index contributed by atoms with van der Waals surface area (Å²) in [4.78, 5) is 38.1. The molecule has 0 aliphatic carbocycles. The lowest BCUT2D eigenvalue weighted by atomic mass is 10.0. The third kappa shape index (κ3) is 3.59. The summed E-state index contributed by atoms with van der Waals surface area (Å²) in [7, 11) is 0. The van der Waals surface area contributed by atoms with E-state index in [1.54, 1.807) is 32.0 Å². The highest BCUT2D eigenvalue weighted by Gasteiger charge is 2.21. The Hall–Kier alpha value is -2.63. The molecule has 0 unspecified atom stereocenters. The van der Waals surface area contributed by atoms with E-state index in [2.05, 4.69) is 4.98 Å². The minimum absolute atomic E-state index is 0.125. The number of aldehydes is 1. The zero-order chi connectivity index (χ0) is 16.8. The van der Waals surface area contributed by atoms with Crippen molar-refractivity contribution >= 4 is 29.1 Å². The number of benzene rings is 1. The lowest BCUT2D eigenvalue weighted by molar-refractivity contribution is -0.143. The number of carbonyl (C=O) groups excluding carboxylic acids is 3. The van der Waals surface area contributed by atoms with E-state index in [1.807, 2.05) is 0 Å². The van der Waals surface area contributed by atoms with Gasteiger partial charge >= 0.3 is 11.9 Å². The molecule has 0 fully saturated rings. The van der Waals surface area contributed by atoms with E-state index >= 15 is 0 Å². The summed E-state index contributed by atoms with van der Waals surface area (Å²) in [5.41, 5.74) is 2.01. The highest BCUT2D eigenvalue weighted by Crippen LogP contribution is 2.27. The van der Waals surface area contributed by atoms with Crippen LogP contribution in [0, 0.1) is 0 Å². The van der Waals surface area contributed by atoms with E-state index < -0.39 is 5.97 Å². The number of hydrogen-bond donors (Lipinski definition) is 1. The summed E-state index contributed by atoms with van der Waals surface area (Å²) < 4.78 is 9.97. The summed E-state index contributed by atoms with van der Waals surface area (Å²) in [6, 6.07) is 5.18. The second-order valence-corrected chi connectivity index (χ2v) is 4.89. The van der Waals surface area contributed by atoms with Crippen molar-refractivity contribution in [3.63, 3.8) is 0 Å². The van der Waals surface area contributed by atoms with E-state index in [1.165, 1.54) is 0 Å². The first-order valence-corrected chi connectivity index (χ1v) is 7.53. The van der Waals surface area contributed by atoms with Crippen LogP contribution < -0.4 is 0 Å². The molecule has 122 valence electrons. The fourth-order valence-electron chi connectivity index (χ4n) is 2.53. The van der Waals surface area contributed by atoms with Crippen LogP contribution in [-0.2, 0) is 20.7 Å². The van der Waals surface area contributed by atoms with Crippen molar-refractivity contribution in [1.29, 1.82) is 0 Å². The Balaban J connectivity index is 2.47. The van der Waals surface area contributed by atoms with E-state index in [-0.39, 0.29) is 31.1 Å². The summed E-state index contributed by atoms with van der Waals surface area (Å²) in [6.45, 7) is 4.00. The topological polar surface area (TPSA) is 85.5 Å². The third-order valence-electron chi connectivity index (χ3n) is 3.45. The fourth-order valence-corrected chi connectivity index (χ4v) is 2.53. The van der Waals surface area contributed by atoms with Crippen LogP contribution in [0.3, 0.4) is 0 Å². The quantitative estimate of drug-likeness (QED) is 0.627. The molecule has 0 bridgehead atoms. The number of hydrogen-bond acceptors (Lipinski definition) is 5. The molecule has 0 amide bonds. The number of aromatic amines is 1. The van der Waals surface area contributed by atoms with E-state index in [0.29, 0.717) is 28.6 Å². The van der Waals surface area contributed by atoms with E-state index in [4.69, 9.17) is 9.47 Å². The van der Waals surface area contributed by atoms with Crippen LogP contribution in [0.5, 0.6) is 0 Å². The Kier molecular flexibility index (Phi) is 5.51. The first kappa shape index (κ1) is 16.7. The standard InChI is InChI=1S/C17H19NO5/c1-3-22-14(20)9-8-12-15-11(10-19)6-5-7-13(15)18-16(12)17(21)23-4-2/h5-7,10,18H,3-4,8-9H2,1-2H3. The van der Waals surface area contributed by atoms with Crippen molar-refractivity contribution in [2.75, 3.05) is 13.2 Å². The zero-order valence-electron chi connectivity index (χ0n) is 13.2. The fraction of sp³-hybridized carbons (Fsp3) is 0.353.